The molecule has 0 fully saturated rings. The van der Waals surface area contributed by atoms with Crippen LogP contribution in [0.15, 0.2) is 121 Å². The van der Waals surface area contributed by atoms with E-state index < -0.39 is 0 Å². The number of fused-ring (bicyclic) bond motifs is 3. The Morgan fingerprint density at radius 2 is 1.12 bits per heavy atom. The second kappa shape index (κ2) is 9.71. The van der Waals surface area contributed by atoms with Crippen LogP contribution in [0.25, 0.3) is 66.5 Å². The molecule has 7 aromatic rings. The molecule has 202 valence electrons. The van der Waals surface area contributed by atoms with E-state index in [2.05, 4.69) is 139 Å². The van der Waals surface area contributed by atoms with Gasteiger partial charge in [-0.1, -0.05) is 91.0 Å². The van der Waals surface area contributed by atoms with E-state index >= 15 is 0 Å². The lowest BCUT2D eigenvalue weighted by molar-refractivity contribution is 0.900. The van der Waals surface area contributed by atoms with Crippen LogP contribution in [0.2, 0.25) is 0 Å². The number of aromatic nitrogens is 4. The number of aryl methyl sites for hydroxylation is 2. The largest absolute Gasteiger partial charge is 0.327 e. The molecular weight excluding hydrogens is 512 g/mol. The quantitative estimate of drug-likeness (QED) is 0.222. The van der Waals surface area contributed by atoms with Crippen LogP contribution >= 0.6 is 0 Å². The first-order valence-electron chi connectivity index (χ1n) is 14.5. The molecule has 0 spiro atoms. The van der Waals surface area contributed by atoms with Crippen molar-refractivity contribution in [3.8, 4) is 22.5 Å². The van der Waals surface area contributed by atoms with Gasteiger partial charge in [-0.05, 0) is 81.8 Å². The molecule has 0 bridgehead atoms. The molecule has 2 heterocycles. The lowest BCUT2D eigenvalue weighted by Gasteiger charge is -2.17. The van der Waals surface area contributed by atoms with Gasteiger partial charge in [-0.3, -0.25) is 0 Å². The molecule has 8 rings (SSSR count). The number of nitrogens with zero attached hydrogens (tertiary/aromatic N) is 4. The van der Waals surface area contributed by atoms with Crippen LogP contribution in [0, 0.1) is 0 Å². The molecule has 42 heavy (non-hydrogen) atoms. The Hall–Kier alpha value is -5.22. The van der Waals surface area contributed by atoms with Gasteiger partial charge in [-0.15, -0.1) is 0 Å². The van der Waals surface area contributed by atoms with Crippen LogP contribution in [0.1, 0.15) is 24.2 Å². The summed E-state index contributed by atoms with van der Waals surface area (Å²) in [4.78, 5) is 9.78. The van der Waals surface area contributed by atoms with Gasteiger partial charge in [0, 0.05) is 19.7 Å². The average Bonchev–Trinajstić information content (AvgIpc) is 3.57. The van der Waals surface area contributed by atoms with Crippen molar-refractivity contribution < 1.29 is 0 Å². The highest BCUT2D eigenvalue weighted by Crippen LogP contribution is 2.36. The van der Waals surface area contributed by atoms with E-state index in [1.807, 2.05) is 6.07 Å². The van der Waals surface area contributed by atoms with E-state index in [4.69, 9.17) is 9.97 Å². The van der Waals surface area contributed by atoms with Crippen molar-refractivity contribution in [3.05, 3.63) is 133 Å². The second-order valence-corrected chi connectivity index (χ2v) is 11.2. The minimum atomic E-state index is 0.982. The van der Waals surface area contributed by atoms with Gasteiger partial charge in [0.2, 0.25) is 0 Å². The highest BCUT2D eigenvalue weighted by molar-refractivity contribution is 5.97. The zero-order valence-corrected chi connectivity index (χ0v) is 23.8. The van der Waals surface area contributed by atoms with Crippen molar-refractivity contribution in [1.82, 2.24) is 19.1 Å². The van der Waals surface area contributed by atoms with Crippen molar-refractivity contribution in [2.24, 2.45) is 14.1 Å². The number of hydrogen-bond acceptors (Lipinski definition) is 2. The number of hydrogen-bond donors (Lipinski definition) is 0. The summed E-state index contributed by atoms with van der Waals surface area (Å²) in [7, 11) is 4.19. The molecule has 1 aliphatic rings. The van der Waals surface area contributed by atoms with Gasteiger partial charge in [0.1, 0.15) is 11.6 Å². The molecule has 0 aliphatic heterocycles. The van der Waals surface area contributed by atoms with Crippen molar-refractivity contribution in [3.63, 3.8) is 0 Å². The molecular formula is C38H30N4. The molecule has 0 saturated carbocycles. The Labute approximate surface area is 244 Å². The first-order chi connectivity index (χ1) is 20.6. The number of benzene rings is 5. The van der Waals surface area contributed by atoms with Crippen LogP contribution in [-0.4, -0.2) is 19.1 Å². The monoisotopic (exact) mass is 542 g/mol. The van der Waals surface area contributed by atoms with E-state index in [9.17, 15) is 0 Å². The van der Waals surface area contributed by atoms with Crippen LogP contribution in [0.4, 0.5) is 0 Å². The number of rotatable bonds is 4. The zero-order valence-electron chi connectivity index (χ0n) is 23.8. The molecule has 1 aliphatic carbocycles. The van der Waals surface area contributed by atoms with E-state index in [1.54, 1.807) is 0 Å². The molecule has 5 aromatic carbocycles. The van der Waals surface area contributed by atoms with Crippen molar-refractivity contribution in [2.75, 3.05) is 0 Å². The number of allylic oxidation sites excluding steroid dienone is 4. The van der Waals surface area contributed by atoms with Crippen molar-refractivity contribution in [1.29, 1.82) is 0 Å². The number of imidazole rings is 2. The van der Waals surface area contributed by atoms with Gasteiger partial charge in [0.15, 0.2) is 0 Å². The first-order valence-corrected chi connectivity index (χ1v) is 14.5. The topological polar surface area (TPSA) is 35.6 Å². The van der Waals surface area contributed by atoms with Gasteiger partial charge in [-0.2, -0.15) is 0 Å². The molecule has 0 unspecified atom stereocenters. The molecule has 4 heteroatoms. The van der Waals surface area contributed by atoms with Gasteiger partial charge in [-0.25, -0.2) is 9.97 Å². The number of para-hydroxylation sites is 4. The van der Waals surface area contributed by atoms with E-state index in [1.165, 1.54) is 44.1 Å². The van der Waals surface area contributed by atoms with Gasteiger partial charge >= 0.3 is 0 Å². The summed E-state index contributed by atoms with van der Waals surface area (Å²) in [5.41, 5.74) is 11.9. The first kappa shape index (κ1) is 24.6. The Kier molecular flexibility index (Phi) is 5.68. The summed E-state index contributed by atoms with van der Waals surface area (Å²) in [5, 5.41) is 2.55. The normalized spacial score (nSPS) is 13.6. The average molecular weight is 543 g/mol. The molecule has 0 N–H and O–H groups in total. The SMILES string of the molecule is Cn1c(C2=CC=C(c3cccc4cc(-c5ccc(-c6nc7ccccc7n6C)cc5)ccc34)CC2)nc2ccccc21. The maximum absolute atomic E-state index is 4.92. The second-order valence-electron chi connectivity index (χ2n) is 11.2. The summed E-state index contributed by atoms with van der Waals surface area (Å²) in [6.07, 6.45) is 6.54. The predicted octanol–water partition coefficient (Wildman–Crippen LogP) is 9.21. The van der Waals surface area contributed by atoms with E-state index in [0.717, 1.165) is 46.6 Å². The lowest BCUT2D eigenvalue weighted by atomic mass is 9.89. The van der Waals surface area contributed by atoms with Crippen LogP contribution < -0.4 is 0 Å². The molecule has 0 atom stereocenters. The fourth-order valence-electron chi connectivity index (χ4n) is 6.44. The minimum absolute atomic E-state index is 0.982. The smallest absolute Gasteiger partial charge is 0.140 e. The van der Waals surface area contributed by atoms with Crippen LogP contribution in [-0.2, 0) is 14.1 Å². The molecule has 4 nitrogen and oxygen atoms in total. The Bertz CT molecular complexity index is 2210. The van der Waals surface area contributed by atoms with Crippen LogP contribution in [0.5, 0.6) is 0 Å². The highest BCUT2D eigenvalue weighted by Gasteiger charge is 2.17. The van der Waals surface area contributed by atoms with Crippen LogP contribution in [0.3, 0.4) is 0 Å². The third-order valence-corrected chi connectivity index (χ3v) is 8.71. The standard InChI is InChI=1S/C38H30N4/c1-41-35-12-5-3-10-33(35)39-37(41)27-18-14-25(15-19-27)29-22-23-32-30(24-29)8-7-9-31(32)26-16-20-28(21-17-26)38-40-34-11-4-6-13-36(34)42(38)2/h3-16,18-20,22-24H,17,21H2,1-2H3. The zero-order chi connectivity index (χ0) is 28.2. The van der Waals surface area contributed by atoms with E-state index in [0.29, 0.717) is 0 Å². The fraction of sp³-hybridized carbons (Fsp3) is 0.105. The third kappa shape index (κ3) is 3.99. The van der Waals surface area contributed by atoms with Crippen molar-refractivity contribution >= 4 is 44.0 Å². The minimum Gasteiger partial charge on any atom is -0.327 e. The van der Waals surface area contributed by atoms with E-state index in [-0.39, 0.29) is 0 Å². The maximum Gasteiger partial charge on any atom is 0.140 e. The summed E-state index contributed by atoms with van der Waals surface area (Å²) in [6, 6.07) is 38.9. The molecule has 0 amide bonds. The Morgan fingerprint density at radius 3 is 1.81 bits per heavy atom. The van der Waals surface area contributed by atoms with Gasteiger partial charge < -0.3 is 9.13 Å². The summed E-state index contributed by atoms with van der Waals surface area (Å²) < 4.78 is 4.38. The molecule has 2 aromatic heterocycles. The fourth-order valence-corrected chi connectivity index (χ4v) is 6.44. The summed E-state index contributed by atoms with van der Waals surface area (Å²) in [5.74, 6) is 2.05. The Morgan fingerprint density at radius 1 is 0.524 bits per heavy atom. The van der Waals surface area contributed by atoms with Gasteiger partial charge in [0.05, 0.1) is 22.1 Å². The molecule has 0 saturated heterocycles. The van der Waals surface area contributed by atoms with Crippen molar-refractivity contribution in [2.45, 2.75) is 12.8 Å². The Balaban J connectivity index is 1.10. The lowest BCUT2D eigenvalue weighted by Crippen LogP contribution is -2.01. The summed E-state index contributed by atoms with van der Waals surface area (Å²) in [6.45, 7) is 0. The maximum atomic E-state index is 4.92. The third-order valence-electron chi connectivity index (χ3n) is 8.71. The highest BCUT2D eigenvalue weighted by atomic mass is 15.1. The molecule has 0 radical (unpaired) electrons. The predicted molar refractivity (Wildman–Crippen MR) is 175 cm³/mol. The van der Waals surface area contributed by atoms with Gasteiger partial charge in [0.25, 0.3) is 0 Å². The summed E-state index contributed by atoms with van der Waals surface area (Å²) >= 11 is 0.